The fourth-order valence-corrected chi connectivity index (χ4v) is 3.73. The maximum atomic E-state index is 12.8. The van der Waals surface area contributed by atoms with E-state index in [4.69, 9.17) is 11.6 Å². The number of rotatable bonds is 3. The number of halogens is 1. The molecule has 0 bridgehead atoms. The van der Waals surface area contributed by atoms with Gasteiger partial charge in [-0.3, -0.25) is 9.78 Å². The second-order valence-electron chi connectivity index (χ2n) is 6.79. The largest absolute Gasteiger partial charge is 0.369 e. The van der Waals surface area contributed by atoms with Crippen LogP contribution in [0.5, 0.6) is 0 Å². The minimum absolute atomic E-state index is 0.0728. The number of hydrogen-bond donors (Lipinski definition) is 1. The second kappa shape index (κ2) is 7.83. The summed E-state index contributed by atoms with van der Waals surface area (Å²) in [5.74, 6) is 0.222. The number of aromatic nitrogens is 2. The van der Waals surface area contributed by atoms with Crippen LogP contribution in [0.25, 0.3) is 10.9 Å². The molecule has 6 nitrogen and oxygen atoms in total. The van der Waals surface area contributed by atoms with Crippen LogP contribution in [0.1, 0.15) is 18.4 Å². The summed E-state index contributed by atoms with van der Waals surface area (Å²) in [6.45, 7) is 1.34. The maximum Gasteiger partial charge on any atom is 0.230 e. The minimum Gasteiger partial charge on any atom is -0.369 e. The van der Waals surface area contributed by atoms with Crippen molar-refractivity contribution in [2.24, 2.45) is 5.92 Å². The first-order chi connectivity index (χ1) is 13.7. The standard InChI is InChI=1S/C21H18ClN5O/c22-16-7-8-19(25-12-16)26-21(28)14-4-3-9-27(13-14)20-15(10-23)11-24-18-6-2-1-5-17(18)20/h1-2,5-8,11-12,14H,3-4,9,13H2,(H,25,26,28). The third kappa shape index (κ3) is 3.62. The highest BCUT2D eigenvalue weighted by atomic mass is 35.5. The van der Waals surface area contributed by atoms with Crippen molar-refractivity contribution < 1.29 is 4.79 Å². The molecule has 1 amide bonds. The average Bonchev–Trinajstić information content (AvgIpc) is 2.74. The quantitative estimate of drug-likeness (QED) is 0.729. The molecular formula is C21H18ClN5O. The molecule has 1 unspecified atom stereocenters. The Morgan fingerprint density at radius 1 is 1.21 bits per heavy atom. The van der Waals surface area contributed by atoms with E-state index >= 15 is 0 Å². The molecule has 7 heteroatoms. The lowest BCUT2D eigenvalue weighted by molar-refractivity contribution is -0.120. The van der Waals surface area contributed by atoms with Crippen LogP contribution in [0.2, 0.25) is 5.02 Å². The lowest BCUT2D eigenvalue weighted by atomic mass is 9.95. The summed E-state index contributed by atoms with van der Waals surface area (Å²) >= 11 is 5.85. The molecule has 1 N–H and O–H groups in total. The Kier molecular flexibility index (Phi) is 5.09. The zero-order chi connectivity index (χ0) is 19.5. The molecule has 3 aromatic rings. The number of hydrogen-bond acceptors (Lipinski definition) is 5. The summed E-state index contributed by atoms with van der Waals surface area (Å²) in [7, 11) is 0. The first kappa shape index (κ1) is 18.2. The molecule has 0 spiro atoms. The van der Waals surface area contributed by atoms with Crippen LogP contribution in [-0.2, 0) is 4.79 Å². The van der Waals surface area contributed by atoms with E-state index in [0.29, 0.717) is 22.9 Å². The lowest BCUT2D eigenvalue weighted by Gasteiger charge is -2.34. The predicted octanol–water partition coefficient (Wildman–Crippen LogP) is 4.01. The first-order valence-electron chi connectivity index (χ1n) is 9.11. The molecule has 0 radical (unpaired) electrons. The molecule has 1 aliphatic rings. The van der Waals surface area contributed by atoms with Crippen molar-refractivity contribution in [1.82, 2.24) is 9.97 Å². The number of nitriles is 1. The topological polar surface area (TPSA) is 81.9 Å². The van der Waals surface area contributed by atoms with Crippen LogP contribution in [0.4, 0.5) is 11.5 Å². The zero-order valence-electron chi connectivity index (χ0n) is 15.1. The van der Waals surface area contributed by atoms with Gasteiger partial charge in [0.2, 0.25) is 5.91 Å². The van der Waals surface area contributed by atoms with E-state index in [1.54, 1.807) is 18.3 Å². The van der Waals surface area contributed by atoms with E-state index in [1.807, 2.05) is 24.3 Å². The van der Waals surface area contributed by atoms with Crippen LogP contribution in [-0.4, -0.2) is 29.0 Å². The number of nitrogens with one attached hydrogen (secondary N) is 1. The SMILES string of the molecule is N#Cc1cnc2ccccc2c1N1CCCC(C(=O)Nc2ccc(Cl)cn2)C1. The molecule has 1 fully saturated rings. The summed E-state index contributed by atoms with van der Waals surface area (Å²) in [5.41, 5.74) is 2.22. The summed E-state index contributed by atoms with van der Waals surface area (Å²) in [6, 6.07) is 13.4. The third-order valence-corrected chi connectivity index (χ3v) is 5.18. The van der Waals surface area contributed by atoms with Crippen LogP contribution < -0.4 is 10.2 Å². The normalized spacial score (nSPS) is 16.6. The van der Waals surface area contributed by atoms with Gasteiger partial charge in [-0.2, -0.15) is 5.26 Å². The van der Waals surface area contributed by atoms with Crippen LogP contribution in [0.15, 0.2) is 48.8 Å². The summed E-state index contributed by atoms with van der Waals surface area (Å²) in [5, 5.41) is 13.9. The Bertz CT molecular complexity index is 1060. The van der Waals surface area contributed by atoms with Gasteiger partial charge in [-0.25, -0.2) is 4.98 Å². The van der Waals surface area contributed by atoms with E-state index in [0.717, 1.165) is 36.0 Å². The number of anilines is 2. The molecule has 28 heavy (non-hydrogen) atoms. The van der Waals surface area contributed by atoms with Gasteiger partial charge in [-0.15, -0.1) is 0 Å². The third-order valence-electron chi connectivity index (χ3n) is 4.95. The predicted molar refractivity (Wildman–Crippen MR) is 109 cm³/mol. The van der Waals surface area contributed by atoms with Gasteiger partial charge < -0.3 is 10.2 Å². The number of nitrogens with zero attached hydrogens (tertiary/aromatic N) is 4. The van der Waals surface area contributed by atoms with Gasteiger partial charge in [0.15, 0.2) is 0 Å². The van der Waals surface area contributed by atoms with Crippen molar-refractivity contribution >= 4 is 39.9 Å². The van der Waals surface area contributed by atoms with E-state index < -0.39 is 0 Å². The Balaban J connectivity index is 1.59. The highest BCUT2D eigenvalue weighted by molar-refractivity contribution is 6.30. The molecule has 4 rings (SSSR count). The van der Waals surface area contributed by atoms with Crippen molar-refractivity contribution in [3.8, 4) is 6.07 Å². The van der Waals surface area contributed by atoms with Crippen LogP contribution >= 0.6 is 11.6 Å². The summed E-state index contributed by atoms with van der Waals surface area (Å²) in [4.78, 5) is 23.4. The van der Waals surface area contributed by atoms with E-state index in [1.165, 1.54) is 6.20 Å². The average molecular weight is 392 g/mol. The van der Waals surface area contributed by atoms with Gasteiger partial charge in [-0.05, 0) is 31.0 Å². The Labute approximate surface area is 167 Å². The van der Waals surface area contributed by atoms with E-state index in [-0.39, 0.29) is 11.8 Å². The first-order valence-corrected chi connectivity index (χ1v) is 9.48. The summed E-state index contributed by atoms with van der Waals surface area (Å²) in [6.07, 6.45) is 4.78. The number of amides is 1. The van der Waals surface area contributed by atoms with Gasteiger partial charge in [0.1, 0.15) is 11.9 Å². The minimum atomic E-state index is -0.190. The Morgan fingerprint density at radius 2 is 2.07 bits per heavy atom. The number of para-hydroxylation sites is 1. The van der Waals surface area contributed by atoms with Crippen molar-refractivity contribution in [3.05, 3.63) is 59.4 Å². The number of carbonyl (C=O) groups excluding carboxylic acids is 1. The molecule has 140 valence electrons. The van der Waals surface area contributed by atoms with Gasteiger partial charge >= 0.3 is 0 Å². The van der Waals surface area contributed by atoms with E-state index in [9.17, 15) is 10.1 Å². The second-order valence-corrected chi connectivity index (χ2v) is 7.22. The number of piperidine rings is 1. The molecule has 3 heterocycles. The van der Waals surface area contributed by atoms with Crippen molar-refractivity contribution in [1.29, 1.82) is 5.26 Å². The molecular weight excluding hydrogens is 374 g/mol. The van der Waals surface area contributed by atoms with E-state index in [2.05, 4.69) is 26.3 Å². The van der Waals surface area contributed by atoms with Crippen LogP contribution in [0, 0.1) is 17.2 Å². The molecule has 1 aliphatic heterocycles. The monoisotopic (exact) mass is 391 g/mol. The fraction of sp³-hybridized carbons (Fsp3) is 0.238. The highest BCUT2D eigenvalue weighted by Crippen LogP contribution is 2.32. The number of benzene rings is 1. The zero-order valence-corrected chi connectivity index (χ0v) is 15.9. The molecule has 0 aliphatic carbocycles. The van der Waals surface area contributed by atoms with Crippen molar-refractivity contribution in [2.75, 3.05) is 23.3 Å². The maximum absolute atomic E-state index is 12.8. The van der Waals surface area contributed by atoms with Crippen molar-refractivity contribution in [3.63, 3.8) is 0 Å². The number of pyridine rings is 2. The van der Waals surface area contributed by atoms with Gasteiger partial charge in [0, 0.05) is 30.9 Å². The highest BCUT2D eigenvalue weighted by Gasteiger charge is 2.28. The molecule has 2 aromatic heterocycles. The molecule has 0 saturated carbocycles. The summed E-state index contributed by atoms with van der Waals surface area (Å²) < 4.78 is 0. The number of fused-ring (bicyclic) bond motifs is 1. The van der Waals surface area contributed by atoms with Crippen LogP contribution in [0.3, 0.4) is 0 Å². The Morgan fingerprint density at radius 3 is 2.86 bits per heavy atom. The smallest absolute Gasteiger partial charge is 0.230 e. The number of carbonyl (C=O) groups is 1. The lowest BCUT2D eigenvalue weighted by Crippen LogP contribution is -2.41. The van der Waals surface area contributed by atoms with Crippen molar-refractivity contribution in [2.45, 2.75) is 12.8 Å². The molecule has 1 saturated heterocycles. The molecule has 1 aromatic carbocycles. The Hall–Kier alpha value is -3.17. The molecule has 1 atom stereocenters. The fourth-order valence-electron chi connectivity index (χ4n) is 3.62. The van der Waals surface area contributed by atoms with Gasteiger partial charge in [-0.1, -0.05) is 29.8 Å². The van der Waals surface area contributed by atoms with Gasteiger partial charge in [0.05, 0.1) is 27.7 Å². The van der Waals surface area contributed by atoms with Gasteiger partial charge in [0.25, 0.3) is 0 Å².